The van der Waals surface area contributed by atoms with E-state index in [1.165, 1.54) is 12.5 Å². The second kappa shape index (κ2) is 5.13. The molecule has 0 saturated heterocycles. The fourth-order valence-corrected chi connectivity index (χ4v) is 1.92. The van der Waals surface area contributed by atoms with E-state index < -0.39 is 0 Å². The molecule has 0 aliphatic carbocycles. The van der Waals surface area contributed by atoms with Crippen molar-refractivity contribution in [2.75, 3.05) is 0 Å². The van der Waals surface area contributed by atoms with Crippen LogP contribution in [0.4, 0.5) is 4.39 Å². The molecule has 0 fully saturated rings. The Balaban J connectivity index is 1.74. The first-order valence-corrected chi connectivity index (χ1v) is 6.09. The van der Waals surface area contributed by atoms with Gasteiger partial charge in [0, 0.05) is 17.7 Å². The summed E-state index contributed by atoms with van der Waals surface area (Å²) in [6, 6.07) is 11.3. The minimum atomic E-state index is -0.335. The van der Waals surface area contributed by atoms with Gasteiger partial charge in [0.25, 0.3) is 5.91 Å². The lowest BCUT2D eigenvalue weighted by atomic mass is 10.1. The number of hydrogen-bond donors (Lipinski definition) is 1. The Morgan fingerprint density at radius 2 is 2.10 bits per heavy atom. The monoisotopic (exact) mass is 270 g/mol. The van der Waals surface area contributed by atoms with Crippen molar-refractivity contribution >= 4 is 17.0 Å². The van der Waals surface area contributed by atoms with Gasteiger partial charge in [0.15, 0.2) is 12.0 Å². The number of nitrogens with one attached hydrogen (secondary N) is 1. The van der Waals surface area contributed by atoms with Crippen molar-refractivity contribution in [3.8, 4) is 0 Å². The Morgan fingerprint density at radius 1 is 1.25 bits per heavy atom. The molecule has 1 amide bonds. The van der Waals surface area contributed by atoms with Gasteiger partial charge in [-0.15, -0.1) is 0 Å². The average Bonchev–Trinajstić information content (AvgIpc) is 2.93. The van der Waals surface area contributed by atoms with Gasteiger partial charge in [-0.05, 0) is 24.3 Å². The Kier molecular flexibility index (Phi) is 3.16. The molecule has 0 aliphatic rings. The van der Waals surface area contributed by atoms with Gasteiger partial charge in [-0.3, -0.25) is 4.79 Å². The van der Waals surface area contributed by atoms with Crippen LogP contribution in [-0.4, -0.2) is 10.9 Å². The molecule has 3 rings (SSSR count). The third-order valence-corrected chi connectivity index (χ3v) is 2.99. The first-order chi connectivity index (χ1) is 9.74. The quantitative estimate of drug-likeness (QED) is 0.796. The van der Waals surface area contributed by atoms with E-state index in [4.69, 9.17) is 4.42 Å². The molecule has 2 aromatic carbocycles. The van der Waals surface area contributed by atoms with Gasteiger partial charge in [-0.2, -0.15) is 0 Å². The smallest absolute Gasteiger partial charge is 0.251 e. The fourth-order valence-electron chi connectivity index (χ4n) is 1.92. The molecule has 1 aromatic heterocycles. The zero-order valence-electron chi connectivity index (χ0n) is 10.5. The Morgan fingerprint density at radius 3 is 2.95 bits per heavy atom. The van der Waals surface area contributed by atoms with Gasteiger partial charge < -0.3 is 9.73 Å². The summed E-state index contributed by atoms with van der Waals surface area (Å²) < 4.78 is 18.6. The van der Waals surface area contributed by atoms with Crippen LogP contribution >= 0.6 is 0 Å². The topological polar surface area (TPSA) is 55.1 Å². The van der Waals surface area contributed by atoms with Crippen LogP contribution in [0, 0.1) is 5.82 Å². The normalized spacial score (nSPS) is 10.7. The molecule has 0 unspecified atom stereocenters. The van der Waals surface area contributed by atoms with Crippen LogP contribution in [0.5, 0.6) is 0 Å². The predicted molar refractivity (Wildman–Crippen MR) is 71.6 cm³/mol. The maximum Gasteiger partial charge on any atom is 0.251 e. The van der Waals surface area contributed by atoms with Crippen molar-refractivity contribution in [3.63, 3.8) is 0 Å². The van der Waals surface area contributed by atoms with Gasteiger partial charge in [-0.1, -0.05) is 18.2 Å². The van der Waals surface area contributed by atoms with Crippen molar-refractivity contribution in [2.24, 2.45) is 0 Å². The van der Waals surface area contributed by atoms with E-state index in [1.54, 1.807) is 36.4 Å². The van der Waals surface area contributed by atoms with E-state index in [2.05, 4.69) is 10.3 Å². The van der Waals surface area contributed by atoms with Gasteiger partial charge in [-0.25, -0.2) is 9.37 Å². The first-order valence-electron chi connectivity index (χ1n) is 6.09. The minimum absolute atomic E-state index is 0.139. The number of oxazole rings is 1. The molecular formula is C15H11FN2O2. The maximum atomic E-state index is 13.4. The van der Waals surface area contributed by atoms with Gasteiger partial charge in [0.1, 0.15) is 11.3 Å². The third kappa shape index (κ3) is 2.38. The molecule has 0 spiro atoms. The predicted octanol–water partition coefficient (Wildman–Crippen LogP) is 2.90. The largest absolute Gasteiger partial charge is 0.443 e. The second-order valence-corrected chi connectivity index (χ2v) is 4.31. The summed E-state index contributed by atoms with van der Waals surface area (Å²) in [5.74, 6) is -0.620. The van der Waals surface area contributed by atoms with Gasteiger partial charge in [0.2, 0.25) is 0 Å². The van der Waals surface area contributed by atoms with Crippen LogP contribution in [0.25, 0.3) is 11.1 Å². The Bertz CT molecular complexity index is 767. The lowest BCUT2D eigenvalue weighted by Crippen LogP contribution is -2.23. The lowest BCUT2D eigenvalue weighted by Gasteiger charge is -2.06. The first kappa shape index (κ1) is 12.3. The number of carbonyl (C=O) groups is 1. The molecule has 0 atom stereocenters. The van der Waals surface area contributed by atoms with Crippen LogP contribution in [0.2, 0.25) is 0 Å². The van der Waals surface area contributed by atoms with E-state index in [0.29, 0.717) is 22.2 Å². The molecule has 1 N–H and O–H groups in total. The molecule has 3 aromatic rings. The molecular weight excluding hydrogens is 259 g/mol. The van der Waals surface area contributed by atoms with Crippen molar-refractivity contribution in [1.82, 2.24) is 10.3 Å². The van der Waals surface area contributed by atoms with E-state index in [-0.39, 0.29) is 18.3 Å². The number of aromatic nitrogens is 1. The number of carbonyl (C=O) groups excluding carboxylic acids is 1. The number of rotatable bonds is 3. The second-order valence-electron chi connectivity index (χ2n) is 4.31. The van der Waals surface area contributed by atoms with E-state index in [0.717, 1.165) is 0 Å². The molecule has 20 heavy (non-hydrogen) atoms. The van der Waals surface area contributed by atoms with Crippen LogP contribution in [0.15, 0.2) is 53.3 Å². The van der Waals surface area contributed by atoms with E-state index in [9.17, 15) is 9.18 Å². The van der Waals surface area contributed by atoms with Crippen LogP contribution in [0.1, 0.15) is 15.9 Å². The summed E-state index contributed by atoms with van der Waals surface area (Å²) in [6.07, 6.45) is 1.33. The van der Waals surface area contributed by atoms with Crippen molar-refractivity contribution in [3.05, 3.63) is 65.8 Å². The molecule has 0 radical (unpaired) electrons. The fraction of sp³-hybridized carbons (Fsp3) is 0.0667. The summed E-state index contributed by atoms with van der Waals surface area (Å²) in [6.45, 7) is 0.139. The van der Waals surface area contributed by atoms with Crippen molar-refractivity contribution < 1.29 is 13.6 Å². The Hall–Kier alpha value is -2.69. The minimum Gasteiger partial charge on any atom is -0.443 e. The molecule has 0 saturated carbocycles. The highest BCUT2D eigenvalue weighted by Crippen LogP contribution is 2.14. The number of fused-ring (bicyclic) bond motifs is 1. The SMILES string of the molecule is O=C(NCc1ccccc1F)c1ccc2ncoc2c1. The third-order valence-electron chi connectivity index (χ3n) is 2.99. The lowest BCUT2D eigenvalue weighted by molar-refractivity contribution is 0.0950. The van der Waals surface area contributed by atoms with E-state index in [1.807, 2.05) is 0 Å². The number of nitrogens with zero attached hydrogens (tertiary/aromatic N) is 1. The number of halogens is 1. The highest BCUT2D eigenvalue weighted by atomic mass is 19.1. The maximum absolute atomic E-state index is 13.4. The van der Waals surface area contributed by atoms with Crippen molar-refractivity contribution in [1.29, 1.82) is 0 Å². The molecule has 0 bridgehead atoms. The zero-order chi connectivity index (χ0) is 13.9. The molecule has 4 nitrogen and oxygen atoms in total. The van der Waals surface area contributed by atoms with Crippen LogP contribution in [-0.2, 0) is 6.54 Å². The summed E-state index contributed by atoms with van der Waals surface area (Å²) >= 11 is 0. The summed E-state index contributed by atoms with van der Waals surface area (Å²) in [5.41, 5.74) is 2.13. The molecule has 0 aliphatic heterocycles. The van der Waals surface area contributed by atoms with E-state index >= 15 is 0 Å². The Labute approximate surface area is 114 Å². The van der Waals surface area contributed by atoms with Gasteiger partial charge >= 0.3 is 0 Å². The summed E-state index contributed by atoms with van der Waals surface area (Å²) in [5, 5.41) is 2.67. The number of benzene rings is 2. The molecule has 1 heterocycles. The van der Waals surface area contributed by atoms with Crippen LogP contribution in [0.3, 0.4) is 0 Å². The molecule has 100 valence electrons. The average molecular weight is 270 g/mol. The highest BCUT2D eigenvalue weighted by molar-refractivity contribution is 5.96. The molecule has 5 heteroatoms. The zero-order valence-corrected chi connectivity index (χ0v) is 10.5. The number of hydrogen-bond acceptors (Lipinski definition) is 3. The standard InChI is InChI=1S/C15H11FN2O2/c16-12-4-2-1-3-11(12)8-17-15(19)10-5-6-13-14(7-10)20-9-18-13/h1-7,9H,8H2,(H,17,19). The summed E-state index contributed by atoms with van der Waals surface area (Å²) in [4.78, 5) is 16.0. The van der Waals surface area contributed by atoms with Crippen molar-refractivity contribution in [2.45, 2.75) is 6.54 Å². The highest BCUT2D eigenvalue weighted by Gasteiger charge is 2.09. The van der Waals surface area contributed by atoms with Crippen LogP contribution < -0.4 is 5.32 Å². The summed E-state index contributed by atoms with van der Waals surface area (Å²) in [7, 11) is 0. The number of amides is 1. The van der Waals surface area contributed by atoms with Gasteiger partial charge in [0.05, 0.1) is 0 Å².